The molecule has 2 aromatic heterocycles. The van der Waals surface area contributed by atoms with Crippen LogP contribution in [0.2, 0.25) is 0 Å². The van der Waals surface area contributed by atoms with Crippen molar-refractivity contribution in [3.05, 3.63) is 95.9 Å². The van der Waals surface area contributed by atoms with E-state index in [-0.39, 0.29) is 12.1 Å². The zero-order valence-electron chi connectivity index (χ0n) is 19.3. The van der Waals surface area contributed by atoms with Crippen molar-refractivity contribution < 1.29 is 9.84 Å². The molecule has 4 aromatic rings. The molecule has 176 valence electrons. The molecule has 3 N–H and O–H groups in total. The lowest BCUT2D eigenvalue weighted by atomic mass is 9.99. The Balaban J connectivity index is 1.33. The van der Waals surface area contributed by atoms with Gasteiger partial charge in [-0.05, 0) is 29.3 Å². The second-order valence-electron chi connectivity index (χ2n) is 8.56. The van der Waals surface area contributed by atoms with E-state index in [9.17, 15) is 5.11 Å². The first kappa shape index (κ1) is 22.6. The van der Waals surface area contributed by atoms with Crippen LogP contribution in [-0.4, -0.2) is 39.1 Å². The van der Waals surface area contributed by atoms with Gasteiger partial charge in [0, 0.05) is 37.1 Å². The lowest BCUT2D eigenvalue weighted by Gasteiger charge is -2.33. The first-order valence-electron chi connectivity index (χ1n) is 11.5. The Bertz CT molecular complexity index is 1330. The average molecular weight is 467 g/mol. The molecule has 0 bridgehead atoms. The number of aliphatic hydroxyl groups is 1. The molecular formula is C27H26N6O2. The average Bonchev–Trinajstić information content (AvgIpc) is 3.35. The first-order chi connectivity index (χ1) is 17.1. The summed E-state index contributed by atoms with van der Waals surface area (Å²) >= 11 is 0. The Hall–Kier alpha value is -4.19. The van der Waals surface area contributed by atoms with E-state index in [0.717, 1.165) is 27.9 Å². The summed E-state index contributed by atoms with van der Waals surface area (Å²) in [6.45, 7) is 0.899. The van der Waals surface area contributed by atoms with Gasteiger partial charge in [0.05, 0.1) is 42.2 Å². The number of aliphatic hydroxyl groups excluding tert-OH is 1. The van der Waals surface area contributed by atoms with Crippen LogP contribution in [-0.2, 0) is 7.05 Å². The molecule has 0 saturated carbocycles. The van der Waals surface area contributed by atoms with Gasteiger partial charge in [-0.15, -0.1) is 0 Å². The van der Waals surface area contributed by atoms with Gasteiger partial charge in [0.15, 0.2) is 0 Å². The van der Waals surface area contributed by atoms with E-state index in [4.69, 9.17) is 10.00 Å². The van der Waals surface area contributed by atoms with Crippen LogP contribution >= 0.6 is 0 Å². The number of benzene rings is 2. The number of pyridine rings is 1. The zero-order chi connectivity index (χ0) is 24.2. The molecule has 3 heterocycles. The molecule has 0 unspecified atom stereocenters. The largest absolute Gasteiger partial charge is 0.469 e. The fraction of sp³-hybridized carbons (Fsp3) is 0.222. The SMILES string of the molecule is Cn1cc(-c2cnc3c(c2)NC[C@@H]([C@H](NC[C@H](O)c2ccc(C#N)cc2)c2ccccc2)O3)cn1. The minimum Gasteiger partial charge on any atom is -0.469 e. The summed E-state index contributed by atoms with van der Waals surface area (Å²) in [6.07, 6.45) is 4.58. The summed E-state index contributed by atoms with van der Waals surface area (Å²) in [5.74, 6) is 0.546. The number of nitrogens with one attached hydrogen (secondary N) is 2. The van der Waals surface area contributed by atoms with Crippen molar-refractivity contribution in [2.24, 2.45) is 7.05 Å². The van der Waals surface area contributed by atoms with Gasteiger partial charge in [-0.2, -0.15) is 10.4 Å². The fourth-order valence-corrected chi connectivity index (χ4v) is 4.24. The molecule has 5 rings (SSSR count). The lowest BCUT2D eigenvalue weighted by Crippen LogP contribution is -2.43. The molecule has 35 heavy (non-hydrogen) atoms. The van der Waals surface area contributed by atoms with Crippen LogP contribution in [0.1, 0.15) is 28.8 Å². The molecule has 8 heteroatoms. The van der Waals surface area contributed by atoms with Gasteiger partial charge in [0.1, 0.15) is 6.10 Å². The Morgan fingerprint density at radius 1 is 1.14 bits per heavy atom. The van der Waals surface area contributed by atoms with E-state index < -0.39 is 6.10 Å². The highest BCUT2D eigenvalue weighted by atomic mass is 16.5. The van der Waals surface area contributed by atoms with Gasteiger partial charge in [-0.3, -0.25) is 4.68 Å². The Morgan fingerprint density at radius 2 is 1.94 bits per heavy atom. The van der Waals surface area contributed by atoms with Crippen LogP contribution in [0.5, 0.6) is 5.88 Å². The standard InChI is InChI=1S/C27H26N6O2/c1-33-17-22(14-32-33)21-11-23-27(31-13-21)35-25(16-29-23)26(20-5-3-2-4-6-20)30-15-24(34)19-9-7-18(12-28)8-10-19/h2-11,13-14,17,24-26,29-30,34H,15-16H2,1H3/t24-,25-,26+/m0/s1. The van der Waals surface area contributed by atoms with E-state index >= 15 is 0 Å². The summed E-state index contributed by atoms with van der Waals surface area (Å²) in [7, 11) is 1.89. The van der Waals surface area contributed by atoms with E-state index in [2.05, 4.69) is 26.8 Å². The summed E-state index contributed by atoms with van der Waals surface area (Å²) in [4.78, 5) is 4.57. The van der Waals surface area contributed by atoms with Crippen molar-refractivity contribution >= 4 is 5.69 Å². The number of hydrogen-bond acceptors (Lipinski definition) is 7. The number of anilines is 1. The summed E-state index contributed by atoms with van der Waals surface area (Å²) in [5, 5.41) is 30.9. The van der Waals surface area contributed by atoms with Crippen molar-refractivity contribution in [3.8, 4) is 23.1 Å². The van der Waals surface area contributed by atoms with Crippen LogP contribution in [0.15, 0.2) is 79.3 Å². The number of rotatable bonds is 7. The molecule has 3 atom stereocenters. The summed E-state index contributed by atoms with van der Waals surface area (Å²) in [6, 6.07) is 21.0. The van der Waals surface area contributed by atoms with E-state index in [1.54, 1.807) is 35.1 Å². The first-order valence-corrected chi connectivity index (χ1v) is 11.5. The van der Waals surface area contributed by atoms with Crippen LogP contribution in [0.25, 0.3) is 11.1 Å². The topological polar surface area (TPSA) is 108 Å². The van der Waals surface area contributed by atoms with Crippen molar-refractivity contribution in [1.29, 1.82) is 5.26 Å². The maximum Gasteiger partial charge on any atom is 0.237 e. The van der Waals surface area contributed by atoms with Crippen molar-refractivity contribution in [1.82, 2.24) is 20.1 Å². The Morgan fingerprint density at radius 3 is 2.66 bits per heavy atom. The number of aryl methyl sites for hydroxylation is 1. The fourth-order valence-electron chi connectivity index (χ4n) is 4.24. The number of ether oxygens (including phenoxy) is 1. The predicted octanol–water partition coefficient (Wildman–Crippen LogP) is 3.59. The van der Waals surface area contributed by atoms with Crippen LogP contribution < -0.4 is 15.4 Å². The van der Waals surface area contributed by atoms with Crippen molar-refractivity contribution in [2.45, 2.75) is 18.2 Å². The maximum atomic E-state index is 10.8. The second-order valence-corrected chi connectivity index (χ2v) is 8.56. The van der Waals surface area contributed by atoms with Gasteiger partial charge in [0.2, 0.25) is 5.88 Å². The van der Waals surface area contributed by atoms with Crippen molar-refractivity contribution in [2.75, 3.05) is 18.4 Å². The number of aromatic nitrogens is 3. The monoisotopic (exact) mass is 466 g/mol. The third-order valence-electron chi connectivity index (χ3n) is 6.13. The molecular weight excluding hydrogens is 440 g/mol. The van der Waals surface area contributed by atoms with Crippen LogP contribution in [0, 0.1) is 11.3 Å². The molecule has 8 nitrogen and oxygen atoms in total. The number of fused-ring (bicyclic) bond motifs is 1. The number of nitrogens with zero attached hydrogens (tertiary/aromatic N) is 4. The lowest BCUT2D eigenvalue weighted by molar-refractivity contribution is 0.126. The highest BCUT2D eigenvalue weighted by Crippen LogP contribution is 2.34. The smallest absolute Gasteiger partial charge is 0.237 e. The molecule has 0 radical (unpaired) electrons. The minimum absolute atomic E-state index is 0.176. The van der Waals surface area contributed by atoms with Gasteiger partial charge in [0.25, 0.3) is 0 Å². The third kappa shape index (κ3) is 5.01. The van der Waals surface area contributed by atoms with Gasteiger partial charge in [-0.25, -0.2) is 4.98 Å². The molecule has 0 fully saturated rings. The van der Waals surface area contributed by atoms with Crippen LogP contribution in [0.3, 0.4) is 0 Å². The molecule has 0 amide bonds. The highest BCUT2D eigenvalue weighted by molar-refractivity contribution is 5.69. The molecule has 0 saturated heterocycles. The normalized spacial score (nSPS) is 16.3. The van der Waals surface area contributed by atoms with Gasteiger partial charge < -0.3 is 20.5 Å². The number of hydrogen-bond donors (Lipinski definition) is 3. The Labute approximate surface area is 203 Å². The van der Waals surface area contributed by atoms with E-state index in [1.165, 1.54) is 0 Å². The second kappa shape index (κ2) is 9.97. The van der Waals surface area contributed by atoms with E-state index in [0.29, 0.717) is 24.5 Å². The van der Waals surface area contributed by atoms with Crippen LogP contribution in [0.4, 0.5) is 5.69 Å². The van der Waals surface area contributed by atoms with Gasteiger partial charge >= 0.3 is 0 Å². The van der Waals surface area contributed by atoms with Crippen molar-refractivity contribution in [3.63, 3.8) is 0 Å². The van der Waals surface area contributed by atoms with E-state index in [1.807, 2.05) is 55.8 Å². The molecule has 0 spiro atoms. The molecule has 1 aliphatic rings. The highest BCUT2D eigenvalue weighted by Gasteiger charge is 2.30. The quantitative estimate of drug-likeness (QED) is 0.382. The summed E-state index contributed by atoms with van der Waals surface area (Å²) in [5.41, 5.74) is 5.17. The predicted molar refractivity (Wildman–Crippen MR) is 133 cm³/mol. The molecule has 1 aliphatic heterocycles. The molecule has 0 aliphatic carbocycles. The third-order valence-corrected chi connectivity index (χ3v) is 6.13. The zero-order valence-corrected chi connectivity index (χ0v) is 19.3. The summed E-state index contributed by atoms with van der Waals surface area (Å²) < 4.78 is 8.10. The van der Waals surface area contributed by atoms with Gasteiger partial charge in [-0.1, -0.05) is 42.5 Å². The molecule has 2 aromatic carbocycles. The maximum absolute atomic E-state index is 10.8. The Kier molecular flexibility index (Phi) is 6.44. The number of nitriles is 1. The minimum atomic E-state index is -0.724.